The molecule has 0 bridgehead atoms. The number of halogens is 2. The summed E-state index contributed by atoms with van der Waals surface area (Å²) >= 11 is 6.78. The van der Waals surface area contributed by atoms with Crippen LogP contribution in [-0.4, -0.2) is 23.1 Å². The largest absolute Gasteiger partial charge is 0.494 e. The molecule has 1 rings (SSSR count). The van der Waals surface area contributed by atoms with Gasteiger partial charge in [0.15, 0.2) is 8.38 Å². The number of rotatable bonds is 4. The Labute approximate surface area is 107 Å². The molecule has 0 fully saturated rings. The van der Waals surface area contributed by atoms with Crippen LogP contribution in [0.3, 0.4) is 0 Å². The third kappa shape index (κ3) is 4.00. The molecule has 3 nitrogen and oxygen atoms in total. The molecule has 15 heavy (non-hydrogen) atoms. The number of benzene rings is 1. The fraction of sp³-hybridized carbons (Fsp3) is 0.333. The minimum absolute atomic E-state index is 0.389. The first kappa shape index (κ1) is 13.4. The van der Waals surface area contributed by atoms with Crippen molar-refractivity contribution in [1.29, 1.82) is 0 Å². The summed E-state index contributed by atoms with van der Waals surface area (Å²) in [4.78, 5) is 17.7. The zero-order chi connectivity index (χ0) is 11.4. The second kappa shape index (κ2) is 6.16. The molecule has 0 aliphatic rings. The lowest BCUT2D eigenvalue weighted by Crippen LogP contribution is -1.93. The van der Waals surface area contributed by atoms with E-state index >= 15 is 0 Å². The van der Waals surface area contributed by atoms with Gasteiger partial charge in [0.2, 0.25) is 0 Å². The molecule has 0 saturated heterocycles. The van der Waals surface area contributed by atoms with E-state index in [2.05, 4.69) is 31.9 Å². The highest BCUT2D eigenvalue weighted by atomic mass is 79.9. The maximum atomic E-state index is 8.83. The van der Waals surface area contributed by atoms with Gasteiger partial charge in [-0.05, 0) is 56.0 Å². The number of methoxy groups -OCH3 is 1. The summed E-state index contributed by atoms with van der Waals surface area (Å²) in [6, 6.07) is 3.84. The van der Waals surface area contributed by atoms with E-state index in [-0.39, 0.29) is 0 Å². The highest BCUT2D eigenvalue weighted by molar-refractivity contribution is 9.11. The minimum atomic E-state index is -1.82. The minimum Gasteiger partial charge on any atom is -0.494 e. The maximum absolute atomic E-state index is 8.83. The summed E-state index contributed by atoms with van der Waals surface area (Å²) in [5, 5.41) is 0. The quantitative estimate of drug-likeness (QED) is 0.814. The van der Waals surface area contributed by atoms with Gasteiger partial charge in [-0.3, -0.25) is 0 Å². The molecule has 0 aliphatic heterocycles. The van der Waals surface area contributed by atoms with Crippen LogP contribution >= 0.6 is 40.2 Å². The molecule has 1 aromatic carbocycles. The van der Waals surface area contributed by atoms with Gasteiger partial charge in [-0.15, -0.1) is 0 Å². The van der Waals surface area contributed by atoms with Crippen molar-refractivity contribution < 1.29 is 14.5 Å². The van der Waals surface area contributed by atoms with Crippen molar-refractivity contribution in [1.82, 2.24) is 0 Å². The zero-order valence-corrected chi connectivity index (χ0v) is 12.1. The van der Waals surface area contributed by atoms with Gasteiger partial charge in [0.1, 0.15) is 5.75 Å². The highest BCUT2D eigenvalue weighted by Crippen LogP contribution is 2.35. The van der Waals surface area contributed by atoms with Gasteiger partial charge in [-0.2, -0.15) is 0 Å². The second-order valence-corrected chi connectivity index (χ2v) is 5.84. The predicted octanol–water partition coefficient (Wildman–Crippen LogP) is 3.06. The fourth-order valence-electron chi connectivity index (χ4n) is 1.18. The van der Waals surface area contributed by atoms with Crippen LogP contribution in [0, 0.1) is 0 Å². The van der Waals surface area contributed by atoms with Crippen molar-refractivity contribution in [3.63, 3.8) is 0 Å². The molecule has 0 aliphatic carbocycles. The molecule has 0 unspecified atom stereocenters. The number of ether oxygens (including phenoxy) is 1. The Kier molecular flexibility index (Phi) is 5.50. The van der Waals surface area contributed by atoms with Crippen molar-refractivity contribution >= 4 is 40.2 Å². The molecule has 0 radical (unpaired) electrons. The molecule has 0 saturated carbocycles. The van der Waals surface area contributed by atoms with E-state index in [0.29, 0.717) is 12.6 Å². The first-order valence-corrected chi connectivity index (χ1v) is 7.23. The van der Waals surface area contributed by atoms with Gasteiger partial charge in [0.05, 0.1) is 16.1 Å². The topological polar surface area (TPSA) is 49.7 Å². The van der Waals surface area contributed by atoms with Crippen molar-refractivity contribution in [2.45, 2.75) is 6.42 Å². The van der Waals surface area contributed by atoms with Crippen molar-refractivity contribution in [3.8, 4) is 5.75 Å². The molecule has 0 heterocycles. The van der Waals surface area contributed by atoms with Crippen LogP contribution in [0.4, 0.5) is 0 Å². The summed E-state index contributed by atoms with van der Waals surface area (Å²) < 4.78 is 6.88. The van der Waals surface area contributed by atoms with E-state index in [1.54, 1.807) is 7.11 Å². The number of hydrogen-bond acceptors (Lipinski definition) is 3. The molecule has 0 atom stereocenters. The van der Waals surface area contributed by atoms with E-state index < -0.39 is 8.38 Å². The van der Waals surface area contributed by atoms with Crippen LogP contribution in [0.15, 0.2) is 21.1 Å². The summed E-state index contributed by atoms with van der Waals surface area (Å²) in [6.45, 7) is 0. The van der Waals surface area contributed by atoms with Crippen molar-refractivity contribution in [2.24, 2.45) is 0 Å². The standard InChI is InChI=1S/C9H11Br2O3P/c1-14-9-7(10)4-6(5-8(9)11)2-3-15(12)13/h4-5,12-13H,2-3H2,1H3. The third-order valence-electron chi connectivity index (χ3n) is 1.86. The predicted molar refractivity (Wildman–Crippen MR) is 68.3 cm³/mol. The first-order chi connectivity index (χ1) is 7.04. The fourth-order valence-corrected chi connectivity index (χ4v) is 3.24. The molecule has 84 valence electrons. The lowest BCUT2D eigenvalue weighted by molar-refractivity contribution is 0.409. The highest BCUT2D eigenvalue weighted by Gasteiger charge is 2.08. The maximum Gasteiger partial charge on any atom is 0.165 e. The van der Waals surface area contributed by atoms with Gasteiger partial charge in [-0.25, -0.2) is 0 Å². The van der Waals surface area contributed by atoms with Gasteiger partial charge < -0.3 is 14.5 Å². The van der Waals surface area contributed by atoms with Crippen LogP contribution in [0.25, 0.3) is 0 Å². The monoisotopic (exact) mass is 356 g/mol. The van der Waals surface area contributed by atoms with Crippen LogP contribution in [0.5, 0.6) is 5.75 Å². The van der Waals surface area contributed by atoms with Crippen LogP contribution in [0.1, 0.15) is 5.56 Å². The Morgan fingerprint density at radius 3 is 2.20 bits per heavy atom. The number of hydrogen-bond donors (Lipinski definition) is 2. The van der Waals surface area contributed by atoms with Gasteiger partial charge in [0.25, 0.3) is 0 Å². The molecule has 0 aromatic heterocycles. The molecule has 0 amide bonds. The van der Waals surface area contributed by atoms with E-state index in [9.17, 15) is 0 Å². The Hall–Kier alpha value is 0.330. The van der Waals surface area contributed by atoms with Gasteiger partial charge in [-0.1, -0.05) is 0 Å². The lowest BCUT2D eigenvalue weighted by Gasteiger charge is -2.09. The summed E-state index contributed by atoms with van der Waals surface area (Å²) in [7, 11) is -0.214. The molecular weight excluding hydrogens is 347 g/mol. The van der Waals surface area contributed by atoms with Crippen LogP contribution < -0.4 is 4.74 Å². The average Bonchev–Trinajstić information content (AvgIpc) is 2.14. The summed E-state index contributed by atoms with van der Waals surface area (Å²) in [5.41, 5.74) is 1.03. The van der Waals surface area contributed by atoms with Gasteiger partial charge >= 0.3 is 0 Å². The lowest BCUT2D eigenvalue weighted by atomic mass is 10.2. The average molecular weight is 358 g/mol. The molecule has 2 N–H and O–H groups in total. The Bertz CT molecular complexity index is 321. The Morgan fingerprint density at radius 1 is 1.27 bits per heavy atom. The van der Waals surface area contributed by atoms with E-state index in [1.807, 2.05) is 12.1 Å². The van der Waals surface area contributed by atoms with Crippen LogP contribution in [-0.2, 0) is 6.42 Å². The summed E-state index contributed by atoms with van der Waals surface area (Å²) in [5.74, 6) is 0.744. The SMILES string of the molecule is COc1c(Br)cc(CCP(O)O)cc1Br. The smallest absolute Gasteiger partial charge is 0.165 e. The Morgan fingerprint density at radius 2 is 1.80 bits per heavy atom. The van der Waals surface area contributed by atoms with Gasteiger partial charge in [0, 0.05) is 6.16 Å². The van der Waals surface area contributed by atoms with Crippen LogP contribution in [0.2, 0.25) is 0 Å². The normalized spacial score (nSPS) is 10.8. The number of aryl methyl sites for hydroxylation is 1. The van der Waals surface area contributed by atoms with E-state index in [0.717, 1.165) is 20.3 Å². The van der Waals surface area contributed by atoms with Crippen molar-refractivity contribution in [3.05, 3.63) is 26.6 Å². The Balaban J connectivity index is 2.84. The molecule has 6 heteroatoms. The first-order valence-electron chi connectivity index (χ1n) is 4.21. The third-order valence-corrected chi connectivity index (χ3v) is 3.66. The van der Waals surface area contributed by atoms with E-state index in [1.165, 1.54) is 0 Å². The second-order valence-electron chi connectivity index (χ2n) is 2.94. The molecule has 0 spiro atoms. The zero-order valence-electron chi connectivity index (χ0n) is 8.07. The van der Waals surface area contributed by atoms with E-state index in [4.69, 9.17) is 14.5 Å². The van der Waals surface area contributed by atoms with Crippen molar-refractivity contribution in [2.75, 3.05) is 13.3 Å². The molecule has 1 aromatic rings. The summed E-state index contributed by atoms with van der Waals surface area (Å²) in [6.07, 6.45) is 1.03. The molecular formula is C9H11Br2O3P.